The van der Waals surface area contributed by atoms with E-state index in [2.05, 4.69) is 0 Å². The topological polar surface area (TPSA) is 35.5 Å². The number of rotatable bonds is 3. The highest BCUT2D eigenvalue weighted by Gasteiger charge is 2.28. The largest absolute Gasteiger partial charge is 0.477 e. The third kappa shape index (κ3) is 2.26. The molecule has 1 atom stereocenters. The van der Waals surface area contributed by atoms with Crippen LogP contribution in [0, 0.1) is 0 Å². The van der Waals surface area contributed by atoms with E-state index in [0.717, 1.165) is 10.6 Å². The van der Waals surface area contributed by atoms with Gasteiger partial charge in [-0.05, 0) is 18.4 Å². The highest BCUT2D eigenvalue weighted by Crippen LogP contribution is 2.29. The summed E-state index contributed by atoms with van der Waals surface area (Å²) in [4.78, 5) is 12.3. The van der Waals surface area contributed by atoms with Gasteiger partial charge < -0.3 is 9.47 Å². The van der Waals surface area contributed by atoms with Crippen LogP contribution in [0.15, 0.2) is 29.2 Å². The van der Waals surface area contributed by atoms with E-state index in [-0.39, 0.29) is 5.97 Å². The lowest BCUT2D eigenvalue weighted by atomic mass is 10.3. The van der Waals surface area contributed by atoms with Gasteiger partial charge in [-0.2, -0.15) is 0 Å². The predicted molar refractivity (Wildman–Crippen MR) is 58.2 cm³/mol. The average Bonchev–Trinajstić information content (AvgIpc) is 2.65. The Morgan fingerprint density at radius 3 is 2.93 bits per heavy atom. The molecule has 0 saturated carbocycles. The molecule has 1 aliphatic heterocycles. The summed E-state index contributed by atoms with van der Waals surface area (Å²) < 4.78 is 10.5. The minimum atomic E-state index is -0.432. The lowest BCUT2D eigenvalue weighted by Crippen LogP contribution is -2.21. The average molecular weight is 224 g/mol. The molecule has 1 aromatic carbocycles. The van der Waals surface area contributed by atoms with Crippen molar-refractivity contribution < 1.29 is 14.3 Å². The van der Waals surface area contributed by atoms with Crippen molar-refractivity contribution >= 4 is 17.7 Å². The first-order valence-corrected chi connectivity index (χ1v) is 6.00. The molecule has 0 spiro atoms. The Kier molecular flexibility index (Phi) is 3.16. The standard InChI is InChI=1S/C11H12O3S/c1-15-10-5-3-2-4-8(10)14-9-6-7-13-11(9)12/h2-5,9H,6-7H2,1H3/t9-/m1/s1. The van der Waals surface area contributed by atoms with Gasteiger partial charge in [0, 0.05) is 11.3 Å². The fourth-order valence-corrected chi connectivity index (χ4v) is 1.99. The van der Waals surface area contributed by atoms with Crippen LogP contribution in [-0.4, -0.2) is 24.9 Å². The van der Waals surface area contributed by atoms with Gasteiger partial charge >= 0.3 is 5.97 Å². The van der Waals surface area contributed by atoms with Gasteiger partial charge in [-0.1, -0.05) is 12.1 Å². The van der Waals surface area contributed by atoms with E-state index < -0.39 is 6.10 Å². The predicted octanol–water partition coefficient (Wildman–Crippen LogP) is 2.10. The van der Waals surface area contributed by atoms with Crippen molar-refractivity contribution in [3.8, 4) is 5.75 Å². The Labute approximate surface area is 92.8 Å². The van der Waals surface area contributed by atoms with E-state index in [1.165, 1.54) is 0 Å². The molecule has 1 aliphatic rings. The molecule has 2 rings (SSSR count). The normalized spacial score (nSPS) is 20.1. The van der Waals surface area contributed by atoms with E-state index in [0.29, 0.717) is 13.0 Å². The number of thioether (sulfide) groups is 1. The summed E-state index contributed by atoms with van der Waals surface area (Å²) in [7, 11) is 0. The number of esters is 1. The van der Waals surface area contributed by atoms with Gasteiger partial charge in [0.05, 0.1) is 6.61 Å². The van der Waals surface area contributed by atoms with Crippen LogP contribution >= 0.6 is 11.8 Å². The molecule has 1 heterocycles. The quantitative estimate of drug-likeness (QED) is 0.582. The zero-order valence-electron chi connectivity index (χ0n) is 8.43. The molecule has 3 nitrogen and oxygen atoms in total. The smallest absolute Gasteiger partial charge is 0.347 e. The van der Waals surface area contributed by atoms with Crippen molar-refractivity contribution in [3.05, 3.63) is 24.3 Å². The summed E-state index contributed by atoms with van der Waals surface area (Å²) in [5.74, 6) is 0.500. The first-order chi connectivity index (χ1) is 7.31. The van der Waals surface area contributed by atoms with E-state index in [9.17, 15) is 4.79 Å². The molecule has 0 unspecified atom stereocenters. The van der Waals surface area contributed by atoms with Crippen LogP contribution in [0.5, 0.6) is 5.75 Å². The summed E-state index contributed by atoms with van der Waals surface area (Å²) in [5.41, 5.74) is 0. The molecule has 0 aromatic heterocycles. The highest BCUT2D eigenvalue weighted by molar-refractivity contribution is 7.98. The maximum atomic E-state index is 11.2. The number of carbonyl (C=O) groups excluding carboxylic acids is 1. The maximum absolute atomic E-state index is 11.2. The second-order valence-corrected chi connectivity index (χ2v) is 4.06. The van der Waals surface area contributed by atoms with E-state index >= 15 is 0 Å². The highest BCUT2D eigenvalue weighted by atomic mass is 32.2. The maximum Gasteiger partial charge on any atom is 0.347 e. The van der Waals surface area contributed by atoms with Gasteiger partial charge in [-0.3, -0.25) is 0 Å². The Morgan fingerprint density at radius 1 is 1.47 bits per heavy atom. The van der Waals surface area contributed by atoms with Crippen LogP contribution < -0.4 is 4.74 Å². The van der Waals surface area contributed by atoms with Crippen LogP contribution in [0.3, 0.4) is 0 Å². The van der Waals surface area contributed by atoms with Crippen LogP contribution in [0.2, 0.25) is 0 Å². The lowest BCUT2D eigenvalue weighted by Gasteiger charge is -2.12. The molecule has 80 valence electrons. The zero-order chi connectivity index (χ0) is 10.7. The van der Waals surface area contributed by atoms with Crippen molar-refractivity contribution in [1.29, 1.82) is 0 Å². The monoisotopic (exact) mass is 224 g/mol. The molecule has 0 aliphatic carbocycles. The molecular weight excluding hydrogens is 212 g/mol. The second kappa shape index (κ2) is 4.57. The van der Waals surface area contributed by atoms with Gasteiger partial charge in [0.2, 0.25) is 0 Å². The Morgan fingerprint density at radius 2 is 2.27 bits per heavy atom. The first kappa shape index (κ1) is 10.4. The number of para-hydroxylation sites is 1. The molecule has 4 heteroatoms. The van der Waals surface area contributed by atoms with Crippen molar-refractivity contribution in [2.45, 2.75) is 17.4 Å². The van der Waals surface area contributed by atoms with Crippen LogP contribution in [0.4, 0.5) is 0 Å². The van der Waals surface area contributed by atoms with Crippen LogP contribution in [0.25, 0.3) is 0 Å². The first-order valence-electron chi connectivity index (χ1n) is 4.77. The van der Waals surface area contributed by atoms with Crippen LogP contribution in [-0.2, 0) is 9.53 Å². The van der Waals surface area contributed by atoms with E-state index in [1.807, 2.05) is 30.5 Å². The molecular formula is C11H12O3S. The number of carbonyl (C=O) groups is 1. The summed E-state index contributed by atoms with van der Waals surface area (Å²) in [6.07, 6.45) is 2.19. The third-order valence-electron chi connectivity index (χ3n) is 2.23. The molecule has 1 aromatic rings. The fourth-order valence-electron chi connectivity index (χ4n) is 1.45. The summed E-state index contributed by atoms with van der Waals surface area (Å²) in [6.45, 7) is 0.463. The zero-order valence-corrected chi connectivity index (χ0v) is 9.25. The SMILES string of the molecule is CSc1ccccc1O[C@@H]1CCOC1=O. The number of hydrogen-bond acceptors (Lipinski definition) is 4. The van der Waals surface area contributed by atoms with Gasteiger partial charge in [-0.15, -0.1) is 11.8 Å². The summed E-state index contributed by atoms with van der Waals surface area (Å²) in [6, 6.07) is 7.69. The van der Waals surface area contributed by atoms with E-state index in [4.69, 9.17) is 9.47 Å². The molecule has 0 radical (unpaired) electrons. The Balaban J connectivity index is 2.12. The van der Waals surface area contributed by atoms with Gasteiger partial charge in [0.1, 0.15) is 5.75 Å². The molecule has 0 bridgehead atoms. The number of cyclic esters (lactones) is 1. The van der Waals surface area contributed by atoms with Crippen molar-refractivity contribution in [2.24, 2.45) is 0 Å². The van der Waals surface area contributed by atoms with Crippen molar-refractivity contribution in [2.75, 3.05) is 12.9 Å². The number of hydrogen-bond donors (Lipinski definition) is 0. The van der Waals surface area contributed by atoms with Crippen molar-refractivity contribution in [1.82, 2.24) is 0 Å². The minimum Gasteiger partial charge on any atom is -0.477 e. The lowest BCUT2D eigenvalue weighted by molar-refractivity contribution is -0.143. The van der Waals surface area contributed by atoms with Crippen molar-refractivity contribution in [3.63, 3.8) is 0 Å². The summed E-state index contributed by atoms with van der Waals surface area (Å²) in [5, 5.41) is 0. The van der Waals surface area contributed by atoms with E-state index in [1.54, 1.807) is 11.8 Å². The Hall–Kier alpha value is -1.16. The number of benzene rings is 1. The molecule has 0 amide bonds. The molecule has 15 heavy (non-hydrogen) atoms. The van der Waals surface area contributed by atoms with Gasteiger partial charge in [-0.25, -0.2) is 4.79 Å². The Bertz CT molecular complexity index is 365. The van der Waals surface area contributed by atoms with Crippen LogP contribution in [0.1, 0.15) is 6.42 Å². The fraction of sp³-hybridized carbons (Fsp3) is 0.364. The van der Waals surface area contributed by atoms with Gasteiger partial charge in [0.25, 0.3) is 0 Å². The minimum absolute atomic E-state index is 0.258. The molecule has 1 saturated heterocycles. The number of ether oxygens (including phenoxy) is 2. The van der Waals surface area contributed by atoms with Gasteiger partial charge in [0.15, 0.2) is 6.10 Å². The molecule has 0 N–H and O–H groups in total. The second-order valence-electron chi connectivity index (χ2n) is 3.21. The third-order valence-corrected chi connectivity index (χ3v) is 3.00. The summed E-state index contributed by atoms with van der Waals surface area (Å²) >= 11 is 1.60. The molecule has 1 fully saturated rings.